The summed E-state index contributed by atoms with van der Waals surface area (Å²) in [6, 6.07) is 1.38. The molecule has 0 saturated heterocycles. The first kappa shape index (κ1) is 8.72. The fourth-order valence-corrected chi connectivity index (χ4v) is 0.952. The van der Waals surface area contributed by atoms with Crippen LogP contribution in [0.5, 0.6) is 0 Å². The van der Waals surface area contributed by atoms with Crippen molar-refractivity contribution >= 4 is 10.1 Å². The molecule has 0 unspecified atom stereocenters. The summed E-state index contributed by atoms with van der Waals surface area (Å²) in [5.41, 5.74) is -0.775. The van der Waals surface area contributed by atoms with E-state index < -0.39 is 15.8 Å². The predicted molar refractivity (Wildman–Crippen MR) is 39.9 cm³/mol. The van der Waals surface area contributed by atoms with Gasteiger partial charge in [-0.2, -0.15) is 13.4 Å². The summed E-state index contributed by atoms with van der Waals surface area (Å²) in [5.74, 6) is 0. The van der Waals surface area contributed by atoms with E-state index in [0.29, 0.717) is 4.73 Å². The lowest BCUT2D eigenvalue weighted by atomic mass is 10.7. The van der Waals surface area contributed by atoms with Crippen LogP contribution < -0.4 is 9.97 Å². The van der Waals surface area contributed by atoms with E-state index in [9.17, 15) is 13.2 Å². The number of hydrogen-bond acceptors (Lipinski definition) is 5. The maximum Gasteiger partial charge on any atom is 0.381 e. The van der Waals surface area contributed by atoms with Crippen LogP contribution in [0.1, 0.15) is 0 Å². The van der Waals surface area contributed by atoms with Gasteiger partial charge in [-0.05, 0) is 6.07 Å². The van der Waals surface area contributed by atoms with Gasteiger partial charge in [0, 0.05) is 6.20 Å². The van der Waals surface area contributed by atoms with Gasteiger partial charge < -0.3 is 0 Å². The summed E-state index contributed by atoms with van der Waals surface area (Å²) < 4.78 is 25.9. The summed E-state index contributed by atoms with van der Waals surface area (Å²) in [7, 11) is -3.68. The van der Waals surface area contributed by atoms with Crippen LogP contribution in [-0.4, -0.2) is 24.4 Å². The summed E-state index contributed by atoms with van der Waals surface area (Å²) >= 11 is 0. The van der Waals surface area contributed by atoms with Gasteiger partial charge in [0.15, 0.2) is 0 Å². The zero-order valence-electron chi connectivity index (χ0n) is 6.17. The van der Waals surface area contributed by atoms with Gasteiger partial charge in [0.05, 0.1) is 12.5 Å². The van der Waals surface area contributed by atoms with E-state index in [2.05, 4.69) is 9.27 Å². The molecule has 0 saturated carbocycles. The van der Waals surface area contributed by atoms with Crippen molar-refractivity contribution < 1.29 is 12.7 Å². The standard InChI is InChI=1S/C5H6N2O4S/c1-12(9,10)11-7-4-2-3-6-5(7)8/h2-4H,1H3. The summed E-state index contributed by atoms with van der Waals surface area (Å²) in [4.78, 5) is 14.0. The van der Waals surface area contributed by atoms with Crippen molar-refractivity contribution in [2.75, 3.05) is 6.26 Å². The quantitative estimate of drug-likeness (QED) is 0.575. The zero-order chi connectivity index (χ0) is 9.19. The molecule has 1 aromatic rings. The lowest BCUT2D eigenvalue weighted by Crippen LogP contribution is -2.30. The Morgan fingerprint density at radius 1 is 1.58 bits per heavy atom. The van der Waals surface area contributed by atoms with Crippen LogP contribution in [0.4, 0.5) is 0 Å². The van der Waals surface area contributed by atoms with Crippen LogP contribution >= 0.6 is 0 Å². The molecular formula is C5H6N2O4S. The van der Waals surface area contributed by atoms with Crippen molar-refractivity contribution in [2.45, 2.75) is 0 Å². The van der Waals surface area contributed by atoms with Crippen molar-refractivity contribution in [3.8, 4) is 0 Å². The molecule has 7 heteroatoms. The molecule has 0 bridgehead atoms. The van der Waals surface area contributed by atoms with E-state index in [1.165, 1.54) is 12.3 Å². The minimum absolute atomic E-state index is 0.537. The number of rotatable bonds is 2. The molecule has 0 fully saturated rings. The third-order valence-electron chi connectivity index (χ3n) is 0.897. The summed E-state index contributed by atoms with van der Waals surface area (Å²) in [6.45, 7) is 0. The van der Waals surface area contributed by atoms with Gasteiger partial charge in [-0.25, -0.2) is 4.79 Å². The Labute approximate surface area is 68.5 Å². The molecule has 1 heterocycles. The van der Waals surface area contributed by atoms with Crippen molar-refractivity contribution in [1.82, 2.24) is 9.71 Å². The highest BCUT2D eigenvalue weighted by Gasteiger charge is 2.04. The molecule has 66 valence electrons. The lowest BCUT2D eigenvalue weighted by Gasteiger charge is -2.01. The highest BCUT2D eigenvalue weighted by molar-refractivity contribution is 7.86. The van der Waals surface area contributed by atoms with Gasteiger partial charge in [-0.15, -0.1) is 4.73 Å². The Morgan fingerprint density at radius 2 is 2.25 bits per heavy atom. The number of aromatic nitrogens is 2. The molecule has 0 spiro atoms. The average molecular weight is 190 g/mol. The van der Waals surface area contributed by atoms with E-state index in [1.807, 2.05) is 0 Å². The molecule has 0 aliphatic rings. The van der Waals surface area contributed by atoms with Crippen molar-refractivity contribution in [3.05, 3.63) is 28.9 Å². The van der Waals surface area contributed by atoms with E-state index in [-0.39, 0.29) is 0 Å². The van der Waals surface area contributed by atoms with Crippen molar-refractivity contribution in [3.63, 3.8) is 0 Å². The fraction of sp³-hybridized carbons (Fsp3) is 0.200. The molecule has 0 atom stereocenters. The highest BCUT2D eigenvalue weighted by Crippen LogP contribution is 1.80. The first-order chi connectivity index (χ1) is 5.49. The van der Waals surface area contributed by atoms with Crippen molar-refractivity contribution in [2.24, 2.45) is 0 Å². The minimum atomic E-state index is -3.68. The van der Waals surface area contributed by atoms with E-state index in [0.717, 1.165) is 12.5 Å². The zero-order valence-corrected chi connectivity index (χ0v) is 6.98. The topological polar surface area (TPSA) is 78.3 Å². The Balaban J connectivity index is 3.07. The molecule has 1 aromatic heterocycles. The molecule has 0 amide bonds. The largest absolute Gasteiger partial charge is 0.381 e. The molecule has 0 radical (unpaired) electrons. The second kappa shape index (κ2) is 2.94. The molecule has 0 N–H and O–H groups in total. The van der Waals surface area contributed by atoms with E-state index in [4.69, 9.17) is 0 Å². The summed E-state index contributed by atoms with van der Waals surface area (Å²) in [5, 5.41) is 0. The van der Waals surface area contributed by atoms with Gasteiger partial charge in [-0.1, -0.05) is 0 Å². The Kier molecular flexibility index (Phi) is 2.13. The molecule has 1 rings (SSSR count). The van der Waals surface area contributed by atoms with Crippen LogP contribution in [0.15, 0.2) is 23.3 Å². The predicted octanol–water partition coefficient (Wildman–Crippen LogP) is -1.37. The minimum Gasteiger partial charge on any atom is -0.283 e. The second-order valence-electron chi connectivity index (χ2n) is 2.01. The van der Waals surface area contributed by atoms with Crippen LogP contribution in [-0.2, 0) is 10.1 Å². The molecule has 6 nitrogen and oxygen atoms in total. The molecule has 12 heavy (non-hydrogen) atoms. The van der Waals surface area contributed by atoms with Gasteiger partial charge in [0.2, 0.25) is 0 Å². The SMILES string of the molecule is CS(=O)(=O)On1cccnc1=O. The molecule has 0 aliphatic heterocycles. The van der Waals surface area contributed by atoms with Crippen molar-refractivity contribution in [1.29, 1.82) is 0 Å². The lowest BCUT2D eigenvalue weighted by molar-refractivity contribution is 0.264. The second-order valence-corrected chi connectivity index (χ2v) is 3.56. The van der Waals surface area contributed by atoms with E-state index in [1.54, 1.807) is 0 Å². The third-order valence-corrected chi connectivity index (χ3v) is 1.33. The van der Waals surface area contributed by atoms with Crippen LogP contribution in [0, 0.1) is 0 Å². The fourth-order valence-electron chi connectivity index (χ4n) is 0.547. The Bertz CT molecular complexity index is 421. The normalized spacial score (nSPS) is 11.1. The monoisotopic (exact) mass is 190 g/mol. The first-order valence-corrected chi connectivity index (χ1v) is 4.74. The molecule has 0 aromatic carbocycles. The van der Waals surface area contributed by atoms with E-state index >= 15 is 0 Å². The maximum atomic E-state index is 10.8. The summed E-state index contributed by atoms with van der Waals surface area (Å²) in [6.07, 6.45) is 3.24. The van der Waals surface area contributed by atoms with Crippen LogP contribution in [0.3, 0.4) is 0 Å². The Morgan fingerprint density at radius 3 is 2.75 bits per heavy atom. The third kappa shape index (κ3) is 2.35. The average Bonchev–Trinajstić information content (AvgIpc) is 1.91. The van der Waals surface area contributed by atoms with Crippen LogP contribution in [0.2, 0.25) is 0 Å². The maximum absolute atomic E-state index is 10.8. The van der Waals surface area contributed by atoms with Gasteiger partial charge >= 0.3 is 15.8 Å². The number of nitrogens with zero attached hydrogens (tertiary/aromatic N) is 2. The van der Waals surface area contributed by atoms with Crippen LogP contribution in [0.25, 0.3) is 0 Å². The highest BCUT2D eigenvalue weighted by atomic mass is 32.2. The van der Waals surface area contributed by atoms with Gasteiger partial charge in [0.25, 0.3) is 0 Å². The molecular weight excluding hydrogens is 184 g/mol. The molecule has 0 aliphatic carbocycles. The smallest absolute Gasteiger partial charge is 0.283 e. The Hall–Kier alpha value is -1.37. The first-order valence-electron chi connectivity index (χ1n) is 2.93. The van der Waals surface area contributed by atoms with Gasteiger partial charge in [-0.3, -0.25) is 4.28 Å². The number of hydrogen-bond donors (Lipinski definition) is 0. The van der Waals surface area contributed by atoms with Gasteiger partial charge in [0.1, 0.15) is 0 Å².